The molecule has 3 rings (SSSR count). The maximum absolute atomic E-state index is 13.8. The van der Waals surface area contributed by atoms with Gasteiger partial charge in [0, 0.05) is 15.9 Å². The molecule has 0 saturated heterocycles. The molecule has 3 nitrogen and oxygen atoms in total. The average Bonchev–Trinajstić information content (AvgIpc) is 2.49. The van der Waals surface area contributed by atoms with Crippen molar-refractivity contribution in [3.8, 4) is 17.7 Å². The van der Waals surface area contributed by atoms with E-state index in [1.165, 1.54) is 18.2 Å². The van der Waals surface area contributed by atoms with Crippen molar-refractivity contribution in [3.63, 3.8) is 0 Å². The van der Waals surface area contributed by atoms with Gasteiger partial charge in [-0.15, -0.1) is 0 Å². The zero-order chi connectivity index (χ0) is 14.8. The first-order chi connectivity index (χ1) is 10.2. The molecule has 102 valence electrons. The Morgan fingerprint density at radius 3 is 2.71 bits per heavy atom. The Bertz CT molecular complexity index is 874. The van der Waals surface area contributed by atoms with Gasteiger partial charge in [-0.2, -0.15) is 5.26 Å². The van der Waals surface area contributed by atoms with E-state index in [0.29, 0.717) is 15.6 Å². The summed E-state index contributed by atoms with van der Waals surface area (Å²) in [5, 5.41) is 9.94. The van der Waals surface area contributed by atoms with Crippen molar-refractivity contribution < 1.29 is 9.13 Å². The molecule has 0 unspecified atom stereocenters. The van der Waals surface area contributed by atoms with Crippen LogP contribution in [0.1, 0.15) is 5.56 Å². The maximum Gasteiger partial charge on any atom is 0.221 e. The Balaban J connectivity index is 2.07. The molecule has 1 aromatic heterocycles. The number of para-hydroxylation sites is 1. The molecule has 1 heterocycles. The number of aromatic nitrogens is 1. The Labute approximate surface area is 128 Å². The molecule has 0 radical (unpaired) electrons. The van der Waals surface area contributed by atoms with Gasteiger partial charge in [-0.3, -0.25) is 0 Å². The van der Waals surface area contributed by atoms with Crippen LogP contribution in [0.25, 0.3) is 10.9 Å². The fourth-order valence-corrected chi connectivity index (χ4v) is 2.30. The third kappa shape index (κ3) is 2.71. The van der Waals surface area contributed by atoms with Gasteiger partial charge in [-0.25, -0.2) is 9.37 Å². The van der Waals surface area contributed by atoms with E-state index < -0.39 is 5.82 Å². The van der Waals surface area contributed by atoms with E-state index in [9.17, 15) is 9.65 Å². The summed E-state index contributed by atoms with van der Waals surface area (Å²) in [7, 11) is 0. The van der Waals surface area contributed by atoms with E-state index in [0.717, 1.165) is 5.39 Å². The minimum absolute atomic E-state index is 0.0601. The van der Waals surface area contributed by atoms with Gasteiger partial charge in [0.25, 0.3) is 0 Å². The lowest BCUT2D eigenvalue weighted by atomic mass is 10.1. The summed E-state index contributed by atoms with van der Waals surface area (Å²) in [6.45, 7) is 0. The number of hydrogen-bond acceptors (Lipinski definition) is 3. The zero-order valence-corrected chi connectivity index (χ0v) is 12.3. The molecule has 0 aliphatic heterocycles. The largest absolute Gasteiger partial charge is 0.436 e. The van der Waals surface area contributed by atoms with Gasteiger partial charge in [0.15, 0.2) is 11.6 Å². The van der Waals surface area contributed by atoms with Crippen molar-refractivity contribution in [2.45, 2.75) is 0 Å². The molecule has 0 N–H and O–H groups in total. The second-order valence-electron chi connectivity index (χ2n) is 4.31. The van der Waals surface area contributed by atoms with Crippen LogP contribution in [0.5, 0.6) is 11.6 Å². The number of fused-ring (bicyclic) bond motifs is 1. The van der Waals surface area contributed by atoms with Crippen LogP contribution in [0.3, 0.4) is 0 Å². The zero-order valence-electron chi connectivity index (χ0n) is 10.7. The molecule has 0 atom stereocenters. The Hall–Kier alpha value is -2.45. The summed E-state index contributed by atoms with van der Waals surface area (Å²) in [5.41, 5.74) is 1.07. The SMILES string of the molecule is N#Cc1cc(Oc2ccc(Br)cc2F)nc2ccccc12. The van der Waals surface area contributed by atoms with Crippen LogP contribution < -0.4 is 4.74 Å². The Kier molecular flexibility index (Phi) is 3.55. The number of rotatable bonds is 2. The molecule has 0 spiro atoms. The van der Waals surface area contributed by atoms with E-state index in [4.69, 9.17) is 4.74 Å². The van der Waals surface area contributed by atoms with Crippen LogP contribution >= 0.6 is 15.9 Å². The normalized spacial score (nSPS) is 10.3. The van der Waals surface area contributed by atoms with Crippen molar-refractivity contribution in [2.75, 3.05) is 0 Å². The van der Waals surface area contributed by atoms with E-state index in [1.54, 1.807) is 12.1 Å². The van der Waals surface area contributed by atoms with E-state index in [-0.39, 0.29) is 11.6 Å². The predicted octanol–water partition coefficient (Wildman–Crippen LogP) is 4.80. The lowest BCUT2D eigenvalue weighted by Gasteiger charge is -2.08. The van der Waals surface area contributed by atoms with Crippen LogP contribution in [-0.2, 0) is 0 Å². The molecule has 0 bridgehead atoms. The van der Waals surface area contributed by atoms with Crippen molar-refractivity contribution in [1.82, 2.24) is 4.98 Å². The quantitative estimate of drug-likeness (QED) is 0.671. The number of ether oxygens (including phenoxy) is 1. The summed E-state index contributed by atoms with van der Waals surface area (Å²) in [5.74, 6) is -0.255. The Morgan fingerprint density at radius 1 is 1.14 bits per heavy atom. The van der Waals surface area contributed by atoms with Gasteiger partial charge in [0.05, 0.1) is 11.1 Å². The van der Waals surface area contributed by atoms with Crippen LogP contribution in [0.15, 0.2) is 53.0 Å². The molecule has 0 aliphatic rings. The number of pyridine rings is 1. The smallest absolute Gasteiger partial charge is 0.221 e. The highest BCUT2D eigenvalue weighted by Crippen LogP contribution is 2.28. The highest BCUT2D eigenvalue weighted by atomic mass is 79.9. The number of nitriles is 1. The monoisotopic (exact) mass is 342 g/mol. The minimum Gasteiger partial charge on any atom is -0.436 e. The number of benzene rings is 2. The molecule has 5 heteroatoms. The van der Waals surface area contributed by atoms with Gasteiger partial charge >= 0.3 is 0 Å². The number of nitrogens with zero attached hydrogens (tertiary/aromatic N) is 2. The highest BCUT2D eigenvalue weighted by Gasteiger charge is 2.10. The summed E-state index contributed by atoms with van der Waals surface area (Å²) in [4.78, 5) is 4.29. The van der Waals surface area contributed by atoms with Gasteiger partial charge in [-0.1, -0.05) is 34.1 Å². The standard InChI is InChI=1S/C16H8BrFN2O/c17-11-5-6-15(13(18)8-11)21-16-7-10(9-19)12-3-1-2-4-14(12)20-16/h1-8H. The van der Waals surface area contributed by atoms with Crippen molar-refractivity contribution in [3.05, 3.63) is 64.4 Å². The van der Waals surface area contributed by atoms with Gasteiger partial charge in [0.1, 0.15) is 6.07 Å². The van der Waals surface area contributed by atoms with Crippen molar-refractivity contribution in [1.29, 1.82) is 5.26 Å². The second kappa shape index (κ2) is 5.51. The molecule has 2 aromatic carbocycles. The van der Waals surface area contributed by atoms with Crippen LogP contribution in [0, 0.1) is 17.1 Å². The molecular formula is C16H8BrFN2O. The molecular weight excluding hydrogens is 335 g/mol. The number of halogens is 2. The average molecular weight is 343 g/mol. The van der Waals surface area contributed by atoms with Crippen LogP contribution in [-0.4, -0.2) is 4.98 Å². The fraction of sp³-hybridized carbons (Fsp3) is 0. The summed E-state index contributed by atoms with van der Waals surface area (Å²) in [6.07, 6.45) is 0. The first kappa shape index (κ1) is 13.5. The van der Waals surface area contributed by atoms with E-state index >= 15 is 0 Å². The van der Waals surface area contributed by atoms with Gasteiger partial charge < -0.3 is 4.74 Å². The lowest BCUT2D eigenvalue weighted by Crippen LogP contribution is -1.93. The third-order valence-corrected chi connectivity index (χ3v) is 3.41. The van der Waals surface area contributed by atoms with Crippen LogP contribution in [0.2, 0.25) is 0 Å². The van der Waals surface area contributed by atoms with E-state index in [2.05, 4.69) is 27.0 Å². The molecule has 0 saturated carbocycles. The van der Waals surface area contributed by atoms with E-state index in [1.807, 2.05) is 18.2 Å². The van der Waals surface area contributed by atoms with Gasteiger partial charge in [0.2, 0.25) is 5.88 Å². The maximum atomic E-state index is 13.8. The number of hydrogen-bond donors (Lipinski definition) is 0. The lowest BCUT2D eigenvalue weighted by molar-refractivity contribution is 0.428. The molecule has 0 fully saturated rings. The van der Waals surface area contributed by atoms with Gasteiger partial charge in [-0.05, 0) is 24.3 Å². The Morgan fingerprint density at radius 2 is 1.95 bits per heavy atom. The summed E-state index contributed by atoms with van der Waals surface area (Å²) >= 11 is 3.18. The summed E-state index contributed by atoms with van der Waals surface area (Å²) < 4.78 is 19.9. The minimum atomic E-state index is -0.502. The summed E-state index contributed by atoms with van der Waals surface area (Å²) in [6, 6.07) is 15.3. The molecule has 0 aliphatic carbocycles. The van der Waals surface area contributed by atoms with Crippen molar-refractivity contribution in [2.24, 2.45) is 0 Å². The highest BCUT2D eigenvalue weighted by molar-refractivity contribution is 9.10. The second-order valence-corrected chi connectivity index (χ2v) is 5.23. The van der Waals surface area contributed by atoms with Crippen molar-refractivity contribution >= 4 is 26.8 Å². The molecule has 0 amide bonds. The topological polar surface area (TPSA) is 45.9 Å². The fourth-order valence-electron chi connectivity index (χ4n) is 1.97. The van der Waals surface area contributed by atoms with Crippen LogP contribution in [0.4, 0.5) is 4.39 Å². The first-order valence-electron chi connectivity index (χ1n) is 6.10. The predicted molar refractivity (Wildman–Crippen MR) is 80.6 cm³/mol. The third-order valence-electron chi connectivity index (χ3n) is 2.92. The molecule has 3 aromatic rings. The first-order valence-corrected chi connectivity index (χ1v) is 6.89. The molecule has 21 heavy (non-hydrogen) atoms.